The van der Waals surface area contributed by atoms with Gasteiger partial charge in [-0.25, -0.2) is 0 Å². The van der Waals surface area contributed by atoms with Crippen LogP contribution in [0.2, 0.25) is 0 Å². The van der Waals surface area contributed by atoms with Gasteiger partial charge in [-0.15, -0.1) is 0 Å². The molecule has 0 aromatic heterocycles. The first-order valence-electron chi connectivity index (χ1n) is 5.06. The van der Waals surface area contributed by atoms with Gasteiger partial charge in [0.15, 0.2) is 0 Å². The molecule has 0 aromatic carbocycles. The van der Waals surface area contributed by atoms with Crippen LogP contribution in [0.1, 0.15) is 26.7 Å². The Bertz CT molecular complexity index is 240. The van der Waals surface area contributed by atoms with E-state index in [1.165, 1.54) is 0 Å². The van der Waals surface area contributed by atoms with Gasteiger partial charge < -0.3 is 10.0 Å². The van der Waals surface area contributed by atoms with Crippen molar-refractivity contribution in [3.8, 4) is 0 Å². The van der Waals surface area contributed by atoms with Crippen molar-refractivity contribution in [2.45, 2.75) is 26.7 Å². The van der Waals surface area contributed by atoms with Crippen LogP contribution in [0.15, 0.2) is 0 Å². The third kappa shape index (κ3) is 2.25. The Kier molecular flexibility index (Phi) is 3.49. The number of carboxylic acids is 1. The molecule has 1 aliphatic heterocycles. The number of carbonyl (C=O) groups is 2. The molecule has 14 heavy (non-hydrogen) atoms. The molecular weight excluding hydrogens is 182 g/mol. The maximum absolute atomic E-state index is 11.5. The quantitative estimate of drug-likeness (QED) is 0.736. The number of aliphatic carboxylic acids is 1. The third-order valence-electron chi connectivity index (χ3n) is 2.75. The summed E-state index contributed by atoms with van der Waals surface area (Å²) in [4.78, 5) is 24.0. The zero-order valence-corrected chi connectivity index (χ0v) is 8.69. The van der Waals surface area contributed by atoms with Crippen LogP contribution in [0.25, 0.3) is 0 Å². The van der Waals surface area contributed by atoms with Crippen molar-refractivity contribution in [1.82, 2.24) is 4.90 Å². The average molecular weight is 199 g/mol. The molecule has 0 saturated carbocycles. The van der Waals surface area contributed by atoms with E-state index in [-0.39, 0.29) is 17.7 Å². The lowest BCUT2D eigenvalue weighted by atomic mass is 9.99. The SMILES string of the molecule is CCCC(=O)N1C[C@@H](C)[C@H](C(=O)O)C1. The highest BCUT2D eigenvalue weighted by Crippen LogP contribution is 2.23. The fourth-order valence-electron chi connectivity index (χ4n) is 1.86. The summed E-state index contributed by atoms with van der Waals surface area (Å²) in [5, 5.41) is 8.88. The highest BCUT2D eigenvalue weighted by molar-refractivity contribution is 5.78. The first kappa shape index (κ1) is 11.0. The minimum absolute atomic E-state index is 0.0771. The molecule has 2 atom stereocenters. The van der Waals surface area contributed by atoms with Crippen LogP contribution in [0.3, 0.4) is 0 Å². The predicted octanol–water partition coefficient (Wildman–Crippen LogP) is 0.966. The van der Waals surface area contributed by atoms with Crippen molar-refractivity contribution >= 4 is 11.9 Å². The van der Waals surface area contributed by atoms with Gasteiger partial charge in [0.25, 0.3) is 0 Å². The number of hydrogen-bond acceptors (Lipinski definition) is 2. The molecule has 1 rings (SSSR count). The highest BCUT2D eigenvalue weighted by atomic mass is 16.4. The van der Waals surface area contributed by atoms with Gasteiger partial charge in [-0.3, -0.25) is 9.59 Å². The molecule has 0 spiro atoms. The molecule has 1 heterocycles. The van der Waals surface area contributed by atoms with Crippen LogP contribution < -0.4 is 0 Å². The van der Waals surface area contributed by atoms with Crippen LogP contribution in [0, 0.1) is 11.8 Å². The topological polar surface area (TPSA) is 57.6 Å². The van der Waals surface area contributed by atoms with Crippen molar-refractivity contribution in [3.63, 3.8) is 0 Å². The zero-order chi connectivity index (χ0) is 10.7. The molecule has 1 fully saturated rings. The van der Waals surface area contributed by atoms with Crippen LogP contribution in [-0.2, 0) is 9.59 Å². The molecule has 4 nitrogen and oxygen atoms in total. The van der Waals surface area contributed by atoms with E-state index in [2.05, 4.69) is 0 Å². The number of rotatable bonds is 3. The zero-order valence-electron chi connectivity index (χ0n) is 8.69. The van der Waals surface area contributed by atoms with Crippen LogP contribution >= 0.6 is 0 Å². The summed E-state index contributed by atoms with van der Waals surface area (Å²) in [7, 11) is 0. The molecule has 0 aromatic rings. The molecule has 1 saturated heterocycles. The number of hydrogen-bond donors (Lipinski definition) is 1. The molecule has 4 heteroatoms. The van der Waals surface area contributed by atoms with Gasteiger partial charge >= 0.3 is 5.97 Å². The van der Waals surface area contributed by atoms with E-state index >= 15 is 0 Å². The van der Waals surface area contributed by atoms with Gasteiger partial charge in [0.1, 0.15) is 0 Å². The lowest BCUT2D eigenvalue weighted by Gasteiger charge is -2.14. The fraction of sp³-hybridized carbons (Fsp3) is 0.800. The fourth-order valence-corrected chi connectivity index (χ4v) is 1.86. The van der Waals surface area contributed by atoms with Crippen molar-refractivity contribution in [2.75, 3.05) is 13.1 Å². The Labute approximate surface area is 83.9 Å². The highest BCUT2D eigenvalue weighted by Gasteiger charge is 2.36. The number of likely N-dealkylation sites (tertiary alicyclic amines) is 1. The second-order valence-electron chi connectivity index (χ2n) is 3.97. The van der Waals surface area contributed by atoms with E-state index in [0.29, 0.717) is 19.5 Å². The lowest BCUT2D eigenvalue weighted by Crippen LogP contribution is -2.29. The molecule has 1 N–H and O–H groups in total. The van der Waals surface area contributed by atoms with Gasteiger partial charge in [-0.1, -0.05) is 13.8 Å². The van der Waals surface area contributed by atoms with Gasteiger partial charge in [0, 0.05) is 19.5 Å². The monoisotopic (exact) mass is 199 g/mol. The summed E-state index contributed by atoms with van der Waals surface area (Å²) in [5.41, 5.74) is 0. The minimum Gasteiger partial charge on any atom is -0.481 e. The van der Waals surface area contributed by atoms with Crippen molar-refractivity contribution in [2.24, 2.45) is 11.8 Å². The maximum Gasteiger partial charge on any atom is 0.308 e. The predicted molar refractivity (Wildman–Crippen MR) is 51.8 cm³/mol. The normalized spacial score (nSPS) is 26.6. The van der Waals surface area contributed by atoms with E-state index in [1.807, 2.05) is 13.8 Å². The van der Waals surface area contributed by atoms with Crippen molar-refractivity contribution in [1.29, 1.82) is 0 Å². The molecule has 0 bridgehead atoms. The summed E-state index contributed by atoms with van der Waals surface area (Å²) in [6, 6.07) is 0. The number of carbonyl (C=O) groups excluding carboxylic acids is 1. The van der Waals surface area contributed by atoms with E-state index in [9.17, 15) is 9.59 Å². The van der Waals surface area contributed by atoms with Gasteiger partial charge in [-0.05, 0) is 12.3 Å². The second kappa shape index (κ2) is 4.44. The first-order chi connectivity index (χ1) is 6.56. The molecular formula is C10H17NO3. The van der Waals surface area contributed by atoms with E-state index in [0.717, 1.165) is 6.42 Å². The van der Waals surface area contributed by atoms with Crippen LogP contribution in [-0.4, -0.2) is 35.0 Å². The first-order valence-corrected chi connectivity index (χ1v) is 5.06. The number of amides is 1. The Morgan fingerprint density at radius 3 is 2.50 bits per heavy atom. The Morgan fingerprint density at radius 2 is 2.07 bits per heavy atom. The van der Waals surface area contributed by atoms with E-state index in [1.54, 1.807) is 4.90 Å². The minimum atomic E-state index is -0.788. The Hall–Kier alpha value is -1.06. The summed E-state index contributed by atoms with van der Waals surface area (Å²) in [5.74, 6) is -1.00. The van der Waals surface area contributed by atoms with Crippen molar-refractivity contribution in [3.05, 3.63) is 0 Å². The summed E-state index contributed by atoms with van der Waals surface area (Å²) >= 11 is 0. The average Bonchev–Trinajstić information content (AvgIpc) is 2.48. The molecule has 0 radical (unpaired) electrons. The molecule has 1 amide bonds. The molecule has 80 valence electrons. The largest absolute Gasteiger partial charge is 0.481 e. The summed E-state index contributed by atoms with van der Waals surface area (Å²) in [6.45, 7) is 4.81. The maximum atomic E-state index is 11.5. The van der Waals surface area contributed by atoms with Crippen LogP contribution in [0.5, 0.6) is 0 Å². The van der Waals surface area contributed by atoms with E-state index < -0.39 is 5.97 Å². The second-order valence-corrected chi connectivity index (χ2v) is 3.97. The number of carboxylic acid groups (broad SMARTS) is 1. The van der Waals surface area contributed by atoms with Gasteiger partial charge in [0.2, 0.25) is 5.91 Å². The summed E-state index contributed by atoms with van der Waals surface area (Å²) < 4.78 is 0. The van der Waals surface area contributed by atoms with Gasteiger partial charge in [-0.2, -0.15) is 0 Å². The third-order valence-corrected chi connectivity index (χ3v) is 2.75. The lowest BCUT2D eigenvalue weighted by molar-refractivity contribution is -0.142. The Balaban J connectivity index is 2.54. The Morgan fingerprint density at radius 1 is 1.43 bits per heavy atom. The molecule has 0 aliphatic carbocycles. The summed E-state index contributed by atoms with van der Waals surface area (Å²) in [6.07, 6.45) is 1.35. The number of nitrogens with zero attached hydrogens (tertiary/aromatic N) is 1. The van der Waals surface area contributed by atoms with Crippen LogP contribution in [0.4, 0.5) is 0 Å². The molecule has 1 aliphatic rings. The van der Waals surface area contributed by atoms with Gasteiger partial charge in [0.05, 0.1) is 5.92 Å². The van der Waals surface area contributed by atoms with Crippen molar-refractivity contribution < 1.29 is 14.7 Å². The smallest absolute Gasteiger partial charge is 0.308 e. The molecule has 0 unspecified atom stereocenters. The standard InChI is InChI=1S/C10H17NO3/c1-3-4-9(12)11-5-7(2)8(6-11)10(13)14/h7-8H,3-6H2,1-2H3,(H,13,14)/t7-,8-/m1/s1. The van der Waals surface area contributed by atoms with E-state index in [4.69, 9.17) is 5.11 Å².